The highest BCUT2D eigenvalue weighted by atomic mass is 19.1. The molecule has 8 rings (SSSR count). The molecule has 2 aromatic carbocycles. The molecule has 1 aliphatic carbocycles. The van der Waals surface area contributed by atoms with Gasteiger partial charge in [-0.2, -0.15) is 5.10 Å². The lowest BCUT2D eigenvalue weighted by atomic mass is 9.98. The number of nitrogens with one attached hydrogen (secondary N) is 2. The third kappa shape index (κ3) is 5.92. The molecule has 2 N–H and O–H groups in total. The van der Waals surface area contributed by atoms with Gasteiger partial charge in [-0.25, -0.2) is 9.37 Å². The first-order chi connectivity index (χ1) is 22.7. The van der Waals surface area contributed by atoms with Crippen LogP contribution in [0.25, 0.3) is 55.8 Å². The van der Waals surface area contributed by atoms with Gasteiger partial charge < -0.3 is 14.5 Å². The Morgan fingerprint density at radius 1 is 0.826 bits per heavy atom. The van der Waals surface area contributed by atoms with Crippen LogP contribution in [0.2, 0.25) is 0 Å². The molecule has 1 saturated heterocycles. The van der Waals surface area contributed by atoms with Crippen molar-refractivity contribution in [2.24, 2.45) is 0 Å². The van der Waals surface area contributed by atoms with Crippen molar-refractivity contribution in [1.29, 1.82) is 0 Å². The quantitative estimate of drug-likeness (QED) is 0.173. The Morgan fingerprint density at radius 3 is 2.59 bits per heavy atom. The van der Waals surface area contributed by atoms with Gasteiger partial charge in [0, 0.05) is 41.5 Å². The van der Waals surface area contributed by atoms with Gasteiger partial charge in [-0.05, 0) is 93.6 Å². The van der Waals surface area contributed by atoms with E-state index in [1.54, 1.807) is 12.4 Å². The first kappa shape index (κ1) is 28.6. The van der Waals surface area contributed by atoms with Crippen molar-refractivity contribution in [3.05, 3.63) is 72.9 Å². The Balaban J connectivity index is 1.08. The predicted octanol–water partition coefficient (Wildman–Crippen LogP) is 7.56. The Morgan fingerprint density at radius 2 is 1.70 bits per heavy atom. The minimum absolute atomic E-state index is 0.257. The largest absolute Gasteiger partial charge is 0.492 e. The summed E-state index contributed by atoms with van der Waals surface area (Å²) in [5.74, 6) is 1.50. The average molecular weight is 618 g/mol. The highest BCUT2D eigenvalue weighted by Gasteiger charge is 2.19. The van der Waals surface area contributed by atoms with Crippen LogP contribution in [0, 0.1) is 5.82 Å². The van der Waals surface area contributed by atoms with Crippen molar-refractivity contribution in [2.75, 3.05) is 26.2 Å². The van der Waals surface area contributed by atoms with Crippen LogP contribution in [-0.4, -0.2) is 67.4 Å². The van der Waals surface area contributed by atoms with E-state index in [0.29, 0.717) is 40.6 Å². The maximum atomic E-state index is 14.8. The normalized spacial score (nSPS) is 16.0. The molecule has 1 aliphatic heterocycles. The molecule has 10 heteroatoms. The summed E-state index contributed by atoms with van der Waals surface area (Å²) in [6, 6.07) is 14.8. The number of aromatic amines is 2. The molecule has 46 heavy (non-hydrogen) atoms. The molecule has 0 unspecified atom stereocenters. The van der Waals surface area contributed by atoms with Crippen LogP contribution in [-0.2, 0) is 0 Å². The van der Waals surface area contributed by atoms with Crippen LogP contribution in [0.3, 0.4) is 0 Å². The Kier molecular flexibility index (Phi) is 7.79. The molecule has 0 amide bonds. The van der Waals surface area contributed by atoms with E-state index in [4.69, 9.17) is 14.5 Å². The van der Waals surface area contributed by atoms with Gasteiger partial charge in [0.05, 0.1) is 29.0 Å². The minimum atomic E-state index is -0.378. The number of pyridine rings is 2. The van der Waals surface area contributed by atoms with Gasteiger partial charge in [-0.1, -0.05) is 12.5 Å². The number of rotatable bonds is 9. The summed E-state index contributed by atoms with van der Waals surface area (Å²) in [6.45, 7) is 3.53. The van der Waals surface area contributed by atoms with E-state index in [1.165, 1.54) is 44.2 Å². The van der Waals surface area contributed by atoms with Crippen LogP contribution in [0.15, 0.2) is 67.1 Å². The molecule has 0 spiro atoms. The lowest BCUT2D eigenvalue weighted by Crippen LogP contribution is -2.25. The number of nitrogens with zero attached hydrogens (tertiary/aromatic N) is 5. The molecule has 1 saturated carbocycles. The molecule has 4 aromatic heterocycles. The number of H-pyrrole nitrogens is 2. The van der Waals surface area contributed by atoms with Crippen molar-refractivity contribution in [3.63, 3.8) is 0 Å². The number of ether oxygens (including phenoxy) is 2. The summed E-state index contributed by atoms with van der Waals surface area (Å²) >= 11 is 0. The lowest BCUT2D eigenvalue weighted by Gasteiger charge is -2.23. The van der Waals surface area contributed by atoms with Crippen LogP contribution in [0.1, 0.15) is 44.9 Å². The number of benzene rings is 2. The number of likely N-dealkylation sites (tertiary alicyclic amines) is 1. The van der Waals surface area contributed by atoms with Crippen molar-refractivity contribution >= 4 is 21.9 Å². The van der Waals surface area contributed by atoms with E-state index in [9.17, 15) is 4.39 Å². The molecule has 6 aromatic rings. The zero-order chi connectivity index (χ0) is 30.9. The summed E-state index contributed by atoms with van der Waals surface area (Å²) in [5.41, 5.74) is 6.16. The highest BCUT2D eigenvalue weighted by molar-refractivity contribution is 5.97. The van der Waals surface area contributed by atoms with Crippen molar-refractivity contribution in [2.45, 2.75) is 51.0 Å². The predicted molar refractivity (Wildman–Crippen MR) is 176 cm³/mol. The summed E-state index contributed by atoms with van der Waals surface area (Å²) < 4.78 is 27.0. The van der Waals surface area contributed by atoms with E-state index in [-0.39, 0.29) is 11.9 Å². The van der Waals surface area contributed by atoms with Crippen LogP contribution in [0.5, 0.6) is 11.5 Å². The third-order valence-corrected chi connectivity index (χ3v) is 9.11. The van der Waals surface area contributed by atoms with Gasteiger partial charge in [-0.3, -0.25) is 20.0 Å². The maximum absolute atomic E-state index is 14.8. The second kappa shape index (κ2) is 12.5. The second-order valence-electron chi connectivity index (χ2n) is 12.3. The van der Waals surface area contributed by atoms with Crippen molar-refractivity contribution < 1.29 is 13.9 Å². The molecule has 0 radical (unpaired) electrons. The molecule has 2 fully saturated rings. The molecular weight excluding hydrogens is 581 g/mol. The lowest BCUT2D eigenvalue weighted by molar-refractivity contribution is 0.154. The number of hydrogen-bond donors (Lipinski definition) is 2. The molecule has 234 valence electrons. The maximum Gasteiger partial charge on any atom is 0.159 e. The van der Waals surface area contributed by atoms with Crippen molar-refractivity contribution in [3.8, 4) is 45.4 Å². The third-order valence-electron chi connectivity index (χ3n) is 9.11. The zero-order valence-electron chi connectivity index (χ0n) is 25.6. The number of aromatic nitrogens is 6. The van der Waals surface area contributed by atoms with E-state index in [2.05, 4.69) is 48.2 Å². The Labute approximate surface area is 266 Å². The SMILES string of the molecule is Fc1cc(OCCN2CCCC2)cc(-c2nccc3[nH]c(-c4n[nH]c5ccc(-c6cncc(OC7CCCCC7)c6)cc45)nc23)c1. The first-order valence-corrected chi connectivity index (χ1v) is 16.3. The van der Waals surface area contributed by atoms with Gasteiger partial charge in [0.25, 0.3) is 0 Å². The monoisotopic (exact) mass is 617 g/mol. The Hall–Kier alpha value is -4.83. The molecule has 2 aliphatic rings. The fourth-order valence-corrected chi connectivity index (χ4v) is 6.73. The van der Waals surface area contributed by atoms with Gasteiger partial charge in [0.15, 0.2) is 5.82 Å². The van der Waals surface area contributed by atoms with Crippen LogP contribution in [0.4, 0.5) is 4.39 Å². The molecular formula is C36H36FN7O2. The van der Waals surface area contributed by atoms with Crippen LogP contribution < -0.4 is 9.47 Å². The van der Waals surface area contributed by atoms with Crippen LogP contribution >= 0.6 is 0 Å². The number of imidazole rings is 1. The zero-order valence-corrected chi connectivity index (χ0v) is 25.6. The average Bonchev–Trinajstić information content (AvgIpc) is 3.85. The van der Waals surface area contributed by atoms with E-state index in [0.717, 1.165) is 65.8 Å². The number of fused-ring (bicyclic) bond motifs is 2. The molecule has 5 heterocycles. The fourth-order valence-electron chi connectivity index (χ4n) is 6.73. The van der Waals surface area contributed by atoms with Gasteiger partial charge in [0.1, 0.15) is 35.1 Å². The molecule has 9 nitrogen and oxygen atoms in total. The summed E-state index contributed by atoms with van der Waals surface area (Å²) in [6.07, 6.45) is 14.0. The number of hydrogen-bond acceptors (Lipinski definition) is 7. The first-order valence-electron chi connectivity index (χ1n) is 16.3. The number of halogens is 1. The van der Waals surface area contributed by atoms with E-state index < -0.39 is 0 Å². The summed E-state index contributed by atoms with van der Waals surface area (Å²) in [5, 5.41) is 8.69. The van der Waals surface area contributed by atoms with Gasteiger partial charge in [0.2, 0.25) is 0 Å². The molecule has 0 bridgehead atoms. The summed E-state index contributed by atoms with van der Waals surface area (Å²) in [4.78, 5) is 19.8. The smallest absolute Gasteiger partial charge is 0.159 e. The standard InChI is InChI=1S/C36H36FN7O2/c37-26-16-24(17-28(20-26)45-15-14-44-12-4-5-13-44)33-35-32(10-11-39-33)40-36(41-35)34-30-19-23(8-9-31(30)42-43-34)25-18-29(22-38-21-25)46-27-6-2-1-3-7-27/h8-11,16-22,27H,1-7,12-15H2,(H,40,41)(H,42,43). The van der Waals surface area contributed by atoms with E-state index >= 15 is 0 Å². The topological polar surface area (TPSA) is 105 Å². The molecule has 0 atom stereocenters. The minimum Gasteiger partial charge on any atom is -0.492 e. The highest BCUT2D eigenvalue weighted by Crippen LogP contribution is 2.34. The van der Waals surface area contributed by atoms with Crippen molar-refractivity contribution in [1.82, 2.24) is 35.0 Å². The van der Waals surface area contributed by atoms with E-state index in [1.807, 2.05) is 24.4 Å². The Bertz CT molecular complexity index is 1990. The summed E-state index contributed by atoms with van der Waals surface area (Å²) in [7, 11) is 0. The van der Waals surface area contributed by atoms with Gasteiger partial charge in [-0.15, -0.1) is 0 Å². The fraction of sp³-hybridized carbons (Fsp3) is 0.333. The van der Waals surface area contributed by atoms with Gasteiger partial charge >= 0.3 is 0 Å². The second-order valence-corrected chi connectivity index (χ2v) is 12.3.